The predicted octanol–water partition coefficient (Wildman–Crippen LogP) is 2.89. The van der Waals surface area contributed by atoms with Gasteiger partial charge in [0.15, 0.2) is 0 Å². The Morgan fingerprint density at radius 2 is 1.37 bits per heavy atom. The summed E-state index contributed by atoms with van der Waals surface area (Å²) in [4.78, 5) is 0. The minimum Gasteiger partial charge on any atom is -0.379 e. The van der Waals surface area contributed by atoms with Gasteiger partial charge in [-0.1, -0.05) is 59.7 Å². The second-order valence-corrected chi connectivity index (χ2v) is 5.29. The minimum atomic E-state index is -1.15. The maximum Gasteiger partial charge on any atom is 0.129 e. The Hall–Kier alpha value is -1.64. The van der Waals surface area contributed by atoms with E-state index in [1.165, 1.54) is 0 Å². The molecular formula is C17H21NO. The Labute approximate surface area is 114 Å². The summed E-state index contributed by atoms with van der Waals surface area (Å²) in [6, 6.07) is 15.4. The van der Waals surface area contributed by atoms with E-state index in [1.807, 2.05) is 69.3 Å². The Morgan fingerprint density at radius 3 is 1.68 bits per heavy atom. The van der Waals surface area contributed by atoms with Crippen LogP contribution in [-0.4, -0.2) is 11.1 Å². The van der Waals surface area contributed by atoms with Crippen LogP contribution in [0.5, 0.6) is 0 Å². The lowest BCUT2D eigenvalue weighted by molar-refractivity contribution is 0.0578. The summed E-state index contributed by atoms with van der Waals surface area (Å²) in [5, 5.41) is 11.2. The molecule has 2 aromatic rings. The largest absolute Gasteiger partial charge is 0.379 e. The van der Waals surface area contributed by atoms with E-state index in [9.17, 15) is 5.11 Å². The number of benzene rings is 2. The lowest BCUT2D eigenvalue weighted by atomic mass is 9.80. The summed E-state index contributed by atoms with van der Waals surface area (Å²) in [5.74, 6) is 0. The predicted molar refractivity (Wildman–Crippen MR) is 79.0 cm³/mol. The van der Waals surface area contributed by atoms with Crippen molar-refractivity contribution in [2.75, 3.05) is 0 Å². The van der Waals surface area contributed by atoms with Crippen LogP contribution in [0, 0.1) is 13.8 Å². The maximum absolute atomic E-state index is 11.2. The summed E-state index contributed by atoms with van der Waals surface area (Å²) in [6.45, 7) is 5.87. The number of hydrogen-bond acceptors (Lipinski definition) is 2. The van der Waals surface area contributed by atoms with Gasteiger partial charge in [-0.25, -0.2) is 0 Å². The van der Waals surface area contributed by atoms with E-state index in [1.54, 1.807) is 0 Å². The van der Waals surface area contributed by atoms with Crippen molar-refractivity contribution in [2.24, 2.45) is 5.73 Å². The maximum atomic E-state index is 11.2. The molecule has 0 aromatic heterocycles. The van der Waals surface area contributed by atoms with Crippen molar-refractivity contribution in [3.8, 4) is 0 Å². The first-order valence-electron chi connectivity index (χ1n) is 6.57. The summed E-state index contributed by atoms with van der Waals surface area (Å²) >= 11 is 0. The van der Waals surface area contributed by atoms with Crippen molar-refractivity contribution >= 4 is 0 Å². The van der Waals surface area contributed by atoms with Crippen LogP contribution in [0.15, 0.2) is 48.5 Å². The third kappa shape index (κ3) is 2.55. The van der Waals surface area contributed by atoms with Gasteiger partial charge in [-0.05, 0) is 31.9 Å². The van der Waals surface area contributed by atoms with E-state index in [4.69, 9.17) is 5.73 Å². The second kappa shape index (κ2) is 5.16. The quantitative estimate of drug-likeness (QED) is 0.886. The summed E-state index contributed by atoms with van der Waals surface area (Å²) in [6.07, 6.45) is 0. The van der Waals surface area contributed by atoms with Crippen LogP contribution in [0.2, 0.25) is 0 Å². The molecule has 0 spiro atoms. The summed E-state index contributed by atoms with van der Waals surface area (Å²) < 4.78 is 0. The monoisotopic (exact) mass is 255 g/mol. The zero-order valence-corrected chi connectivity index (χ0v) is 11.7. The van der Waals surface area contributed by atoms with E-state index in [0.29, 0.717) is 0 Å². The van der Waals surface area contributed by atoms with Crippen molar-refractivity contribution in [2.45, 2.75) is 32.4 Å². The fourth-order valence-corrected chi connectivity index (χ4v) is 2.46. The molecule has 0 saturated carbocycles. The molecule has 0 aliphatic carbocycles. The van der Waals surface area contributed by atoms with Crippen LogP contribution < -0.4 is 5.73 Å². The van der Waals surface area contributed by atoms with Gasteiger partial charge in [0.25, 0.3) is 0 Å². The molecule has 0 saturated heterocycles. The van der Waals surface area contributed by atoms with Crippen LogP contribution in [0.25, 0.3) is 0 Å². The molecular weight excluding hydrogens is 234 g/mol. The van der Waals surface area contributed by atoms with E-state index in [0.717, 1.165) is 22.3 Å². The van der Waals surface area contributed by atoms with Crippen molar-refractivity contribution < 1.29 is 5.11 Å². The zero-order chi connectivity index (χ0) is 14.0. The molecule has 0 aliphatic rings. The number of aliphatic hydroxyl groups is 1. The number of aryl methyl sites for hydroxylation is 2. The van der Waals surface area contributed by atoms with Gasteiger partial charge in [0.2, 0.25) is 0 Å². The van der Waals surface area contributed by atoms with Gasteiger partial charge in [-0.3, -0.25) is 0 Å². The molecule has 0 unspecified atom stereocenters. The fourth-order valence-electron chi connectivity index (χ4n) is 2.46. The van der Waals surface area contributed by atoms with Gasteiger partial charge in [0.1, 0.15) is 5.60 Å². The van der Waals surface area contributed by atoms with E-state index >= 15 is 0 Å². The van der Waals surface area contributed by atoms with E-state index in [-0.39, 0.29) is 0 Å². The Balaban J connectivity index is 2.61. The molecule has 0 aliphatic heterocycles. The average Bonchev–Trinajstić information content (AvgIpc) is 2.37. The van der Waals surface area contributed by atoms with Crippen LogP contribution in [0.4, 0.5) is 0 Å². The topological polar surface area (TPSA) is 46.2 Å². The highest BCUT2D eigenvalue weighted by atomic mass is 16.3. The number of rotatable bonds is 3. The summed E-state index contributed by atoms with van der Waals surface area (Å²) in [7, 11) is 0. The molecule has 0 heterocycles. The first kappa shape index (κ1) is 13.8. The van der Waals surface area contributed by atoms with Gasteiger partial charge in [0, 0.05) is 6.04 Å². The van der Waals surface area contributed by atoms with Gasteiger partial charge in [0.05, 0.1) is 0 Å². The van der Waals surface area contributed by atoms with Gasteiger partial charge < -0.3 is 10.8 Å². The molecule has 2 nitrogen and oxygen atoms in total. The molecule has 19 heavy (non-hydrogen) atoms. The normalized spacial score (nSPS) is 13.3. The van der Waals surface area contributed by atoms with Crippen LogP contribution >= 0.6 is 0 Å². The number of hydrogen-bond donors (Lipinski definition) is 2. The summed E-state index contributed by atoms with van der Waals surface area (Å²) in [5.41, 5.74) is 8.84. The molecule has 2 heteroatoms. The molecule has 0 radical (unpaired) electrons. The number of nitrogens with two attached hydrogens (primary N) is 1. The first-order chi connectivity index (χ1) is 8.94. The zero-order valence-electron chi connectivity index (χ0n) is 11.7. The highest BCUT2D eigenvalue weighted by molar-refractivity contribution is 5.40. The van der Waals surface area contributed by atoms with Crippen LogP contribution in [-0.2, 0) is 5.60 Å². The van der Waals surface area contributed by atoms with Gasteiger partial charge in [-0.2, -0.15) is 0 Å². The minimum absolute atomic E-state index is 0.393. The molecule has 0 fully saturated rings. The first-order valence-corrected chi connectivity index (χ1v) is 6.57. The SMILES string of the molecule is Cc1cccc(C(O)(c2cccc(C)c2)[C@@H](C)N)c1. The van der Waals surface area contributed by atoms with Crippen molar-refractivity contribution in [1.29, 1.82) is 0 Å². The molecule has 2 rings (SSSR count). The molecule has 3 N–H and O–H groups in total. The van der Waals surface area contributed by atoms with Gasteiger partial charge in [-0.15, -0.1) is 0 Å². The fraction of sp³-hybridized carbons (Fsp3) is 0.294. The van der Waals surface area contributed by atoms with Crippen molar-refractivity contribution in [1.82, 2.24) is 0 Å². The van der Waals surface area contributed by atoms with Crippen LogP contribution in [0.1, 0.15) is 29.2 Å². The van der Waals surface area contributed by atoms with Gasteiger partial charge >= 0.3 is 0 Å². The second-order valence-electron chi connectivity index (χ2n) is 5.29. The molecule has 2 aromatic carbocycles. The molecule has 0 bridgehead atoms. The highest BCUT2D eigenvalue weighted by Gasteiger charge is 2.35. The van der Waals surface area contributed by atoms with Crippen molar-refractivity contribution in [3.05, 3.63) is 70.8 Å². The third-order valence-electron chi connectivity index (χ3n) is 3.58. The van der Waals surface area contributed by atoms with E-state index < -0.39 is 11.6 Å². The molecule has 1 atom stereocenters. The smallest absolute Gasteiger partial charge is 0.129 e. The Morgan fingerprint density at radius 1 is 0.947 bits per heavy atom. The van der Waals surface area contributed by atoms with E-state index in [2.05, 4.69) is 0 Å². The lowest BCUT2D eigenvalue weighted by Gasteiger charge is -2.33. The Bertz CT molecular complexity index is 529. The highest BCUT2D eigenvalue weighted by Crippen LogP contribution is 2.33. The standard InChI is InChI=1S/C17H21NO/c1-12-6-4-8-15(10-12)17(19,14(3)18)16-9-5-7-13(2)11-16/h4-11,14,19H,18H2,1-3H3/t14-/m1/s1. The lowest BCUT2D eigenvalue weighted by Crippen LogP contribution is -2.44. The van der Waals surface area contributed by atoms with Crippen LogP contribution in [0.3, 0.4) is 0 Å². The molecule has 0 amide bonds. The average molecular weight is 255 g/mol. The third-order valence-corrected chi connectivity index (χ3v) is 3.58. The van der Waals surface area contributed by atoms with Crippen molar-refractivity contribution in [3.63, 3.8) is 0 Å². The Kier molecular flexibility index (Phi) is 3.74. The molecule has 100 valence electrons.